The molecule has 210 valence electrons. The van der Waals surface area contributed by atoms with Crippen molar-refractivity contribution in [1.29, 1.82) is 0 Å². The predicted molar refractivity (Wildman–Crippen MR) is 155 cm³/mol. The number of imide groups is 1. The van der Waals surface area contributed by atoms with Crippen molar-refractivity contribution in [2.75, 3.05) is 26.2 Å². The van der Waals surface area contributed by atoms with E-state index in [0.29, 0.717) is 53.8 Å². The largest absolute Gasteiger partial charge is 0.336 e. The Balaban J connectivity index is 1.15. The Hall–Kier alpha value is -3.72. The van der Waals surface area contributed by atoms with Gasteiger partial charge >= 0.3 is 0 Å². The minimum absolute atomic E-state index is 0.00828. The minimum atomic E-state index is -0.686. The smallest absolute Gasteiger partial charge is 0.255 e. The van der Waals surface area contributed by atoms with Crippen LogP contribution in [0.25, 0.3) is 0 Å². The van der Waals surface area contributed by atoms with Crippen LogP contribution >= 0.6 is 23.2 Å². The summed E-state index contributed by atoms with van der Waals surface area (Å²) in [5, 5.41) is 3.67. The number of rotatable bonds is 5. The molecule has 0 aromatic heterocycles. The van der Waals surface area contributed by atoms with Gasteiger partial charge in [0, 0.05) is 60.3 Å². The second-order valence-corrected chi connectivity index (χ2v) is 11.5. The van der Waals surface area contributed by atoms with E-state index in [1.165, 1.54) is 4.90 Å². The Kier molecular flexibility index (Phi) is 7.55. The number of piperazine rings is 1. The van der Waals surface area contributed by atoms with Gasteiger partial charge in [-0.15, -0.1) is 0 Å². The molecule has 2 saturated heterocycles. The fraction of sp³-hybridized carbons (Fsp3) is 0.290. The molecule has 0 spiro atoms. The van der Waals surface area contributed by atoms with E-state index >= 15 is 0 Å². The first-order valence-corrected chi connectivity index (χ1v) is 14.4. The lowest BCUT2D eigenvalue weighted by Gasteiger charge is -2.40. The summed E-state index contributed by atoms with van der Waals surface area (Å²) in [5.41, 5.74) is 3.95. The van der Waals surface area contributed by atoms with Crippen molar-refractivity contribution >= 4 is 46.8 Å². The molecule has 6 rings (SSSR count). The lowest BCUT2D eigenvalue weighted by molar-refractivity contribution is -0.136. The normalized spacial score (nSPS) is 19.5. The summed E-state index contributed by atoms with van der Waals surface area (Å²) in [6.07, 6.45) is 0.497. The number of nitrogens with zero attached hydrogens (tertiary/aromatic N) is 3. The molecule has 1 N–H and O–H groups in total. The third kappa shape index (κ3) is 5.47. The molecule has 8 nitrogen and oxygen atoms in total. The molecule has 41 heavy (non-hydrogen) atoms. The van der Waals surface area contributed by atoms with E-state index in [1.807, 2.05) is 53.4 Å². The van der Waals surface area contributed by atoms with Gasteiger partial charge in [-0.25, -0.2) is 0 Å². The molecule has 2 fully saturated rings. The SMILES string of the molecule is O=C1CCC(N2Cc3cc(C(=O)N4CCN(C(c5ccc(Cl)cc5)c5ccc(Cl)cc5)CC4)ccc3C2=O)C(=O)N1. The molecule has 10 heteroatoms. The lowest BCUT2D eigenvalue weighted by atomic mass is 9.96. The maximum absolute atomic E-state index is 13.5. The molecule has 0 radical (unpaired) electrons. The van der Waals surface area contributed by atoms with Crippen LogP contribution in [-0.4, -0.2) is 70.5 Å². The highest BCUT2D eigenvalue weighted by Gasteiger charge is 2.39. The van der Waals surface area contributed by atoms with Crippen molar-refractivity contribution in [3.8, 4) is 0 Å². The first kappa shape index (κ1) is 27.4. The molecule has 3 aromatic carbocycles. The number of carbonyl (C=O) groups excluding carboxylic acids is 4. The molecule has 0 saturated carbocycles. The van der Waals surface area contributed by atoms with Crippen LogP contribution in [0.4, 0.5) is 0 Å². The van der Waals surface area contributed by atoms with E-state index in [0.717, 1.165) is 16.7 Å². The zero-order valence-electron chi connectivity index (χ0n) is 22.2. The first-order valence-electron chi connectivity index (χ1n) is 13.6. The third-order valence-corrected chi connectivity index (χ3v) is 8.61. The van der Waals surface area contributed by atoms with Crippen molar-refractivity contribution in [2.45, 2.75) is 31.5 Å². The van der Waals surface area contributed by atoms with Gasteiger partial charge < -0.3 is 9.80 Å². The minimum Gasteiger partial charge on any atom is -0.336 e. The number of carbonyl (C=O) groups is 4. The van der Waals surface area contributed by atoms with Gasteiger partial charge in [-0.1, -0.05) is 47.5 Å². The zero-order chi connectivity index (χ0) is 28.7. The summed E-state index contributed by atoms with van der Waals surface area (Å²) in [6, 6.07) is 20.1. The lowest BCUT2D eigenvalue weighted by Crippen LogP contribution is -2.52. The van der Waals surface area contributed by atoms with E-state index in [4.69, 9.17) is 23.2 Å². The number of amides is 4. The maximum atomic E-state index is 13.5. The average Bonchev–Trinajstić information content (AvgIpc) is 3.30. The van der Waals surface area contributed by atoms with Crippen LogP contribution in [0.5, 0.6) is 0 Å². The summed E-state index contributed by atoms with van der Waals surface area (Å²) in [4.78, 5) is 56.1. The number of piperidine rings is 1. The van der Waals surface area contributed by atoms with Gasteiger partial charge in [0.25, 0.3) is 11.8 Å². The molecule has 0 aliphatic carbocycles. The number of fused-ring (bicyclic) bond motifs is 1. The van der Waals surface area contributed by atoms with Gasteiger partial charge in [0.1, 0.15) is 6.04 Å². The second kappa shape index (κ2) is 11.3. The number of benzene rings is 3. The first-order chi connectivity index (χ1) is 19.8. The highest BCUT2D eigenvalue weighted by Crippen LogP contribution is 2.32. The van der Waals surface area contributed by atoms with Crippen LogP contribution in [0.15, 0.2) is 66.7 Å². The molecular weight excluding hydrogens is 563 g/mol. The van der Waals surface area contributed by atoms with E-state index in [9.17, 15) is 19.2 Å². The Morgan fingerprint density at radius 2 is 1.44 bits per heavy atom. The van der Waals surface area contributed by atoms with E-state index < -0.39 is 11.9 Å². The van der Waals surface area contributed by atoms with Crippen LogP contribution in [0.3, 0.4) is 0 Å². The summed E-state index contributed by atoms with van der Waals surface area (Å²) < 4.78 is 0. The summed E-state index contributed by atoms with van der Waals surface area (Å²) in [6.45, 7) is 2.69. The van der Waals surface area contributed by atoms with Crippen LogP contribution in [0.1, 0.15) is 56.3 Å². The van der Waals surface area contributed by atoms with Crippen molar-refractivity contribution in [3.05, 3.63) is 105 Å². The Morgan fingerprint density at radius 3 is 2.02 bits per heavy atom. The van der Waals surface area contributed by atoms with Crippen LogP contribution < -0.4 is 5.32 Å². The average molecular weight is 591 g/mol. The van der Waals surface area contributed by atoms with Crippen molar-refractivity contribution in [2.24, 2.45) is 0 Å². The Morgan fingerprint density at radius 1 is 0.829 bits per heavy atom. The van der Waals surface area contributed by atoms with Gasteiger partial charge in [0.15, 0.2) is 0 Å². The summed E-state index contributed by atoms with van der Waals surface area (Å²) in [7, 11) is 0. The molecule has 4 amide bonds. The highest BCUT2D eigenvalue weighted by molar-refractivity contribution is 6.30. The van der Waals surface area contributed by atoms with E-state index in [2.05, 4.69) is 10.2 Å². The molecule has 1 unspecified atom stereocenters. The molecule has 1 atom stereocenters. The molecule has 0 bridgehead atoms. The van der Waals surface area contributed by atoms with Gasteiger partial charge in [0.05, 0.1) is 6.04 Å². The molecule has 3 aromatic rings. The number of hydrogen-bond donors (Lipinski definition) is 1. The molecule has 3 aliphatic heterocycles. The Labute approximate surface area is 247 Å². The predicted octanol–water partition coefficient (Wildman–Crippen LogP) is 4.30. The fourth-order valence-electron chi connectivity index (χ4n) is 5.98. The summed E-state index contributed by atoms with van der Waals surface area (Å²) in [5.74, 6) is -1.12. The number of hydrogen-bond acceptors (Lipinski definition) is 5. The van der Waals surface area contributed by atoms with Crippen molar-refractivity contribution in [1.82, 2.24) is 20.0 Å². The van der Waals surface area contributed by atoms with E-state index in [-0.39, 0.29) is 36.7 Å². The third-order valence-electron chi connectivity index (χ3n) is 8.11. The molecule has 3 aliphatic rings. The van der Waals surface area contributed by atoms with Gasteiger partial charge in [-0.05, 0) is 65.6 Å². The van der Waals surface area contributed by atoms with Gasteiger partial charge in [-0.3, -0.25) is 29.4 Å². The summed E-state index contributed by atoms with van der Waals surface area (Å²) >= 11 is 12.3. The molecular formula is C31H28Cl2N4O4. The van der Waals surface area contributed by atoms with Crippen LogP contribution in [0.2, 0.25) is 10.0 Å². The Bertz CT molecular complexity index is 1470. The second-order valence-electron chi connectivity index (χ2n) is 10.6. The quantitative estimate of drug-likeness (QED) is 0.447. The van der Waals surface area contributed by atoms with Crippen LogP contribution in [0, 0.1) is 0 Å². The topological polar surface area (TPSA) is 90.0 Å². The van der Waals surface area contributed by atoms with E-state index in [1.54, 1.807) is 18.2 Å². The highest BCUT2D eigenvalue weighted by atomic mass is 35.5. The van der Waals surface area contributed by atoms with Gasteiger partial charge in [-0.2, -0.15) is 0 Å². The van der Waals surface area contributed by atoms with Crippen molar-refractivity contribution in [3.63, 3.8) is 0 Å². The zero-order valence-corrected chi connectivity index (χ0v) is 23.7. The monoisotopic (exact) mass is 590 g/mol. The number of nitrogens with one attached hydrogen (secondary N) is 1. The molecule has 3 heterocycles. The van der Waals surface area contributed by atoms with Crippen molar-refractivity contribution < 1.29 is 19.2 Å². The van der Waals surface area contributed by atoms with Gasteiger partial charge in [0.2, 0.25) is 11.8 Å². The standard InChI is InChI=1S/C31H28Cl2N4O4/c32-23-6-1-19(2-7-23)28(20-3-8-24(33)9-4-20)35-13-15-36(16-14-35)30(40)21-5-10-25-22(17-21)18-37(31(25)41)26-11-12-27(38)34-29(26)39/h1-10,17,26,28H,11-16,18H2,(H,34,38,39). The maximum Gasteiger partial charge on any atom is 0.255 e. The fourth-order valence-corrected chi connectivity index (χ4v) is 6.23. The number of halogens is 2. The van der Waals surface area contributed by atoms with Crippen LogP contribution in [-0.2, 0) is 16.1 Å².